The predicted molar refractivity (Wildman–Crippen MR) is 135 cm³/mol. The summed E-state index contributed by atoms with van der Waals surface area (Å²) in [6, 6.07) is 15.0. The van der Waals surface area contributed by atoms with Crippen LogP contribution in [0.1, 0.15) is 27.3 Å². The number of thioether (sulfide) groups is 1. The Hall–Kier alpha value is -4.18. The average molecular weight is 491 g/mol. The summed E-state index contributed by atoms with van der Waals surface area (Å²) in [7, 11) is 2.98. The maximum atomic E-state index is 12.9. The van der Waals surface area contributed by atoms with E-state index in [0.29, 0.717) is 27.0 Å². The van der Waals surface area contributed by atoms with Gasteiger partial charge in [0.05, 0.1) is 33.9 Å². The number of amidine groups is 1. The number of likely N-dealkylation sites (N-methyl/N-ethyl adjacent to an activating group) is 1. The molecule has 0 radical (unpaired) electrons. The van der Waals surface area contributed by atoms with Gasteiger partial charge in [-0.05, 0) is 73.6 Å². The number of carbonyl (C=O) groups excluding carboxylic acids is 2. The molecule has 0 saturated carbocycles. The second kappa shape index (κ2) is 9.59. The summed E-state index contributed by atoms with van der Waals surface area (Å²) in [6.07, 6.45) is 1.81. The molecule has 35 heavy (non-hydrogen) atoms. The van der Waals surface area contributed by atoms with Gasteiger partial charge in [-0.3, -0.25) is 19.8 Å². The SMILES string of the molecule is COC(=O)c1ccc(N=C2S/C(=C\c3cc(C)n(-c4cccc([N+](=O)[O-])c4)c3C)C(=O)N2C)cc1. The maximum absolute atomic E-state index is 12.9. The first-order chi connectivity index (χ1) is 16.7. The van der Waals surface area contributed by atoms with E-state index in [0.717, 1.165) is 17.0 Å². The molecule has 0 spiro atoms. The highest BCUT2D eigenvalue weighted by molar-refractivity contribution is 8.18. The number of esters is 1. The Kier molecular flexibility index (Phi) is 6.57. The van der Waals surface area contributed by atoms with Crippen LogP contribution < -0.4 is 0 Å². The first kappa shape index (κ1) is 24.0. The van der Waals surface area contributed by atoms with Crippen LogP contribution in [0.2, 0.25) is 0 Å². The van der Waals surface area contributed by atoms with Crippen molar-refractivity contribution in [1.82, 2.24) is 9.47 Å². The minimum absolute atomic E-state index is 0.0125. The highest BCUT2D eigenvalue weighted by Gasteiger charge is 2.31. The van der Waals surface area contributed by atoms with Crippen LogP contribution in [0.4, 0.5) is 11.4 Å². The van der Waals surface area contributed by atoms with Crippen molar-refractivity contribution in [3.05, 3.63) is 92.1 Å². The number of rotatable bonds is 5. The normalized spacial score (nSPS) is 15.8. The smallest absolute Gasteiger partial charge is 0.337 e. The quantitative estimate of drug-likeness (QED) is 0.215. The number of hydrogen-bond acceptors (Lipinski definition) is 7. The molecular formula is C25H22N4O5S. The Morgan fingerprint density at radius 1 is 1.14 bits per heavy atom. The van der Waals surface area contributed by atoms with E-state index in [1.165, 1.54) is 35.9 Å². The zero-order chi connectivity index (χ0) is 25.3. The van der Waals surface area contributed by atoms with Crippen LogP contribution in [-0.2, 0) is 9.53 Å². The van der Waals surface area contributed by atoms with Gasteiger partial charge in [-0.2, -0.15) is 0 Å². The van der Waals surface area contributed by atoms with Gasteiger partial charge in [-0.25, -0.2) is 9.79 Å². The number of aliphatic imine (C=N–C) groups is 1. The molecule has 2 aromatic carbocycles. The van der Waals surface area contributed by atoms with E-state index in [-0.39, 0.29) is 11.6 Å². The van der Waals surface area contributed by atoms with Crippen LogP contribution >= 0.6 is 11.8 Å². The summed E-state index contributed by atoms with van der Waals surface area (Å²) in [6.45, 7) is 3.82. The predicted octanol–water partition coefficient (Wildman–Crippen LogP) is 5.02. The van der Waals surface area contributed by atoms with E-state index in [4.69, 9.17) is 4.74 Å². The molecule has 2 heterocycles. The molecule has 0 bridgehead atoms. The fraction of sp³-hybridized carbons (Fsp3) is 0.160. The number of carbonyl (C=O) groups is 2. The number of hydrogen-bond donors (Lipinski definition) is 0. The summed E-state index contributed by atoms with van der Waals surface area (Å²) in [4.78, 5) is 41.8. The van der Waals surface area contributed by atoms with Crippen LogP contribution in [0, 0.1) is 24.0 Å². The lowest BCUT2D eigenvalue weighted by atomic mass is 10.2. The van der Waals surface area contributed by atoms with Gasteiger partial charge in [0.25, 0.3) is 11.6 Å². The molecule has 1 saturated heterocycles. The van der Waals surface area contributed by atoms with Crippen molar-refractivity contribution in [2.45, 2.75) is 13.8 Å². The average Bonchev–Trinajstić information content (AvgIpc) is 3.28. The monoisotopic (exact) mass is 490 g/mol. The third-order valence-electron chi connectivity index (χ3n) is 5.57. The van der Waals surface area contributed by atoms with E-state index in [9.17, 15) is 19.7 Å². The Morgan fingerprint density at radius 2 is 1.86 bits per heavy atom. The van der Waals surface area contributed by atoms with Crippen molar-refractivity contribution >= 4 is 46.3 Å². The number of ether oxygens (including phenoxy) is 1. The van der Waals surface area contributed by atoms with Gasteiger partial charge in [0, 0.05) is 30.6 Å². The molecular weight excluding hydrogens is 468 g/mol. The molecule has 4 rings (SSSR count). The molecule has 0 N–H and O–H groups in total. The topological polar surface area (TPSA) is 107 Å². The van der Waals surface area contributed by atoms with E-state index < -0.39 is 10.9 Å². The minimum Gasteiger partial charge on any atom is -0.465 e. The van der Waals surface area contributed by atoms with Gasteiger partial charge in [-0.1, -0.05) is 6.07 Å². The summed E-state index contributed by atoms with van der Waals surface area (Å²) in [5.74, 6) is -0.611. The summed E-state index contributed by atoms with van der Waals surface area (Å²) in [5.41, 5.74) is 4.29. The zero-order valence-electron chi connectivity index (χ0n) is 19.5. The highest BCUT2D eigenvalue weighted by Crippen LogP contribution is 2.34. The van der Waals surface area contributed by atoms with Crippen molar-refractivity contribution in [3.8, 4) is 5.69 Å². The van der Waals surface area contributed by atoms with Gasteiger partial charge < -0.3 is 9.30 Å². The molecule has 0 unspecified atom stereocenters. The molecule has 0 atom stereocenters. The number of nitro benzene ring substituents is 1. The van der Waals surface area contributed by atoms with Crippen LogP contribution in [0.15, 0.2) is 64.5 Å². The Bertz CT molecular complexity index is 1410. The number of aromatic nitrogens is 1. The number of non-ortho nitro benzene ring substituents is 1. The standard InChI is InChI=1S/C25H22N4O5S/c1-15-12-18(16(2)28(15)20-6-5-7-21(14-20)29(32)33)13-22-23(30)27(3)25(35-22)26-19-10-8-17(9-11-19)24(31)34-4/h5-14H,1-4H3/b22-13-,26-25?. The van der Waals surface area contributed by atoms with E-state index in [1.807, 2.05) is 36.6 Å². The van der Waals surface area contributed by atoms with E-state index in [2.05, 4.69) is 4.99 Å². The number of aryl methyl sites for hydroxylation is 1. The van der Waals surface area contributed by atoms with Gasteiger partial charge in [0.1, 0.15) is 0 Å². The minimum atomic E-state index is -0.431. The van der Waals surface area contributed by atoms with Crippen molar-refractivity contribution in [2.24, 2.45) is 4.99 Å². The van der Waals surface area contributed by atoms with Crippen LogP contribution in [0.25, 0.3) is 11.8 Å². The van der Waals surface area contributed by atoms with Crippen molar-refractivity contribution < 1.29 is 19.2 Å². The fourth-order valence-electron chi connectivity index (χ4n) is 3.77. The third-order valence-corrected chi connectivity index (χ3v) is 6.63. The Morgan fingerprint density at radius 3 is 2.51 bits per heavy atom. The van der Waals surface area contributed by atoms with Gasteiger partial charge >= 0.3 is 5.97 Å². The van der Waals surface area contributed by atoms with Gasteiger partial charge in [-0.15, -0.1) is 0 Å². The van der Waals surface area contributed by atoms with Crippen LogP contribution in [0.3, 0.4) is 0 Å². The molecule has 1 fully saturated rings. The molecule has 178 valence electrons. The fourth-order valence-corrected chi connectivity index (χ4v) is 4.75. The molecule has 0 aliphatic carbocycles. The maximum Gasteiger partial charge on any atom is 0.337 e. The van der Waals surface area contributed by atoms with Crippen LogP contribution in [-0.4, -0.2) is 45.6 Å². The molecule has 1 amide bonds. The highest BCUT2D eigenvalue weighted by atomic mass is 32.2. The number of amides is 1. The zero-order valence-corrected chi connectivity index (χ0v) is 20.3. The first-order valence-corrected chi connectivity index (χ1v) is 11.4. The number of methoxy groups -OCH3 is 1. The van der Waals surface area contributed by atoms with E-state index in [1.54, 1.807) is 37.4 Å². The molecule has 3 aromatic rings. The van der Waals surface area contributed by atoms with Crippen molar-refractivity contribution in [2.75, 3.05) is 14.2 Å². The number of nitrogens with zero attached hydrogens (tertiary/aromatic N) is 4. The molecule has 9 nitrogen and oxygen atoms in total. The van der Waals surface area contributed by atoms with Gasteiger partial charge in [0.15, 0.2) is 5.17 Å². The molecule has 10 heteroatoms. The number of benzene rings is 2. The second-order valence-corrected chi connectivity index (χ2v) is 8.86. The lowest BCUT2D eigenvalue weighted by Crippen LogP contribution is -2.23. The lowest BCUT2D eigenvalue weighted by molar-refractivity contribution is -0.384. The third kappa shape index (κ3) is 4.73. The molecule has 1 aromatic heterocycles. The molecule has 1 aliphatic heterocycles. The van der Waals surface area contributed by atoms with Crippen molar-refractivity contribution in [3.63, 3.8) is 0 Å². The van der Waals surface area contributed by atoms with Crippen LogP contribution in [0.5, 0.6) is 0 Å². The Labute approximate surface area is 205 Å². The van der Waals surface area contributed by atoms with Gasteiger partial charge in [0.2, 0.25) is 0 Å². The largest absolute Gasteiger partial charge is 0.465 e. The molecule has 1 aliphatic rings. The summed E-state index contributed by atoms with van der Waals surface area (Å²) in [5, 5.41) is 11.7. The first-order valence-electron chi connectivity index (χ1n) is 10.6. The van der Waals surface area contributed by atoms with Crippen molar-refractivity contribution in [1.29, 1.82) is 0 Å². The second-order valence-electron chi connectivity index (χ2n) is 7.85. The lowest BCUT2D eigenvalue weighted by Gasteiger charge is -2.09. The van der Waals surface area contributed by atoms with E-state index >= 15 is 0 Å². The Balaban J connectivity index is 1.63. The number of nitro groups is 1. The summed E-state index contributed by atoms with van der Waals surface area (Å²) >= 11 is 1.25. The summed E-state index contributed by atoms with van der Waals surface area (Å²) < 4.78 is 6.63.